The zero-order chi connectivity index (χ0) is 48.5. The van der Waals surface area contributed by atoms with Crippen molar-refractivity contribution >= 4 is 32.1 Å². The lowest BCUT2D eigenvalue weighted by atomic mass is 9.78. The number of methoxy groups -OCH3 is 2. The molecule has 0 fully saturated rings. The maximum atomic E-state index is 12.5. The highest BCUT2D eigenvalue weighted by Crippen LogP contribution is 2.34. The molecule has 2 unspecified atom stereocenters. The second kappa shape index (κ2) is 21.3. The highest BCUT2D eigenvalue weighted by Gasteiger charge is 2.28. The minimum atomic E-state index is -4.61. The molecule has 0 aliphatic heterocycles. The SMILES string of the molecule is COC(OC(=O)c1ccccc1S(=O)(=O)O)Oc1ccc(C(C)(C)c2ccc(C)cc2)cc1.COC(OC(=O)c1ccccc1S(N)(=O)=O)Oc1ccc(C(C)(C)c2ccc(C)cc2)cc1. The quantitative estimate of drug-likeness (QED) is 0.0529. The summed E-state index contributed by atoms with van der Waals surface area (Å²) < 4.78 is 87.6. The molecule has 0 aliphatic rings. The molecule has 0 amide bonds. The number of carbonyl (C=O) groups excluding carboxylic acids is 2. The molecule has 0 radical (unpaired) electrons. The number of hydrogen-bond acceptors (Lipinski definition) is 12. The van der Waals surface area contributed by atoms with Gasteiger partial charge in [-0.05, 0) is 84.6 Å². The van der Waals surface area contributed by atoms with E-state index in [0.717, 1.165) is 17.2 Å². The summed E-state index contributed by atoms with van der Waals surface area (Å²) in [6, 6.07) is 42.0. The molecular weight excluding hydrogens is 887 g/mol. The Kier molecular flexibility index (Phi) is 16.3. The molecule has 2 atom stereocenters. The van der Waals surface area contributed by atoms with Crippen LogP contribution in [0.15, 0.2) is 155 Å². The lowest BCUT2D eigenvalue weighted by molar-refractivity contribution is -0.202. The summed E-state index contributed by atoms with van der Waals surface area (Å²) in [6.45, 7) is 9.80. The lowest BCUT2D eigenvalue weighted by Crippen LogP contribution is -2.27. The summed E-state index contributed by atoms with van der Waals surface area (Å²) in [5, 5.41) is 5.18. The van der Waals surface area contributed by atoms with Gasteiger partial charge in [0.1, 0.15) is 16.4 Å². The first kappa shape index (κ1) is 50.6. The average Bonchev–Trinajstić information content (AvgIpc) is 3.28. The van der Waals surface area contributed by atoms with E-state index in [2.05, 4.69) is 83.1 Å². The number of esters is 2. The second-order valence-corrected chi connectivity index (χ2v) is 19.1. The van der Waals surface area contributed by atoms with Crippen molar-refractivity contribution in [3.63, 3.8) is 0 Å². The van der Waals surface area contributed by atoms with Gasteiger partial charge in [0.05, 0.1) is 16.0 Å². The summed E-state index contributed by atoms with van der Waals surface area (Å²) in [5.74, 6) is -1.16. The first-order valence-corrected chi connectivity index (χ1v) is 23.4. The summed E-state index contributed by atoms with van der Waals surface area (Å²) >= 11 is 0. The molecule has 0 aromatic heterocycles. The fraction of sp³-hybridized carbons (Fsp3) is 0.240. The zero-order valence-corrected chi connectivity index (χ0v) is 39.4. The van der Waals surface area contributed by atoms with Gasteiger partial charge in [-0.25, -0.2) is 23.1 Å². The number of primary sulfonamides is 1. The fourth-order valence-corrected chi connectivity index (χ4v) is 8.09. The van der Waals surface area contributed by atoms with E-state index in [1.54, 1.807) is 24.3 Å². The Bertz CT molecular complexity index is 2630. The van der Waals surface area contributed by atoms with Crippen LogP contribution in [0.4, 0.5) is 0 Å². The predicted octanol–water partition coefficient (Wildman–Crippen LogP) is 8.87. The summed E-state index contributed by atoms with van der Waals surface area (Å²) in [7, 11) is -6.13. The van der Waals surface area contributed by atoms with Gasteiger partial charge >= 0.3 is 24.9 Å². The number of hydrogen-bond donors (Lipinski definition) is 2. The fourth-order valence-electron chi connectivity index (χ4n) is 6.68. The Balaban J connectivity index is 0.000000247. The third-order valence-electron chi connectivity index (χ3n) is 10.8. The molecule has 3 N–H and O–H groups in total. The van der Waals surface area contributed by atoms with Crippen molar-refractivity contribution in [1.29, 1.82) is 0 Å². The Morgan fingerprint density at radius 1 is 0.500 bits per heavy atom. The first-order valence-electron chi connectivity index (χ1n) is 20.4. The van der Waals surface area contributed by atoms with Crippen molar-refractivity contribution in [2.45, 2.75) is 75.1 Å². The van der Waals surface area contributed by atoms with Crippen molar-refractivity contribution in [3.8, 4) is 11.5 Å². The van der Waals surface area contributed by atoms with E-state index in [1.165, 1.54) is 78.9 Å². The van der Waals surface area contributed by atoms with Gasteiger partial charge in [0, 0.05) is 25.0 Å². The van der Waals surface area contributed by atoms with Gasteiger partial charge in [-0.15, -0.1) is 0 Å². The van der Waals surface area contributed by atoms with Crippen LogP contribution < -0.4 is 14.6 Å². The van der Waals surface area contributed by atoms with Crippen LogP contribution in [0.1, 0.15) is 81.8 Å². The van der Waals surface area contributed by atoms with Crippen LogP contribution in [-0.4, -0.2) is 60.5 Å². The Morgan fingerprint density at radius 3 is 1.12 bits per heavy atom. The normalized spacial score (nSPS) is 12.8. The molecule has 348 valence electrons. The zero-order valence-electron chi connectivity index (χ0n) is 37.8. The van der Waals surface area contributed by atoms with Crippen LogP contribution >= 0.6 is 0 Å². The van der Waals surface area contributed by atoms with Gasteiger partial charge < -0.3 is 28.4 Å². The van der Waals surface area contributed by atoms with E-state index in [0.29, 0.717) is 11.5 Å². The smallest absolute Gasteiger partial charge is 0.362 e. The molecule has 0 bridgehead atoms. The van der Waals surface area contributed by atoms with Crippen molar-refractivity contribution in [1.82, 2.24) is 0 Å². The van der Waals surface area contributed by atoms with Crippen molar-refractivity contribution in [2.75, 3.05) is 14.2 Å². The van der Waals surface area contributed by atoms with Gasteiger partial charge in [0.2, 0.25) is 10.0 Å². The Labute approximate surface area is 386 Å². The summed E-state index contributed by atoms with van der Waals surface area (Å²) in [6.07, 6.45) is 0. The Morgan fingerprint density at radius 2 is 0.803 bits per heavy atom. The average molecular weight is 940 g/mol. The molecule has 6 rings (SSSR count). The van der Waals surface area contributed by atoms with Crippen LogP contribution in [0.5, 0.6) is 11.5 Å². The predicted molar refractivity (Wildman–Crippen MR) is 247 cm³/mol. The van der Waals surface area contributed by atoms with Gasteiger partial charge in [-0.3, -0.25) is 4.55 Å². The molecule has 0 saturated heterocycles. The first-order chi connectivity index (χ1) is 31.0. The summed E-state index contributed by atoms with van der Waals surface area (Å²) in [4.78, 5) is 24.1. The molecule has 6 aromatic carbocycles. The van der Waals surface area contributed by atoms with Crippen LogP contribution in [0.25, 0.3) is 0 Å². The molecule has 0 saturated carbocycles. The molecule has 0 aliphatic carbocycles. The topological polar surface area (TPSA) is 204 Å². The van der Waals surface area contributed by atoms with Crippen molar-refractivity contribution in [3.05, 3.63) is 190 Å². The van der Waals surface area contributed by atoms with Gasteiger partial charge in [0.25, 0.3) is 10.1 Å². The highest BCUT2D eigenvalue weighted by molar-refractivity contribution is 7.89. The van der Waals surface area contributed by atoms with E-state index in [1.807, 2.05) is 31.2 Å². The highest BCUT2D eigenvalue weighted by atomic mass is 32.2. The molecular formula is C50H53NO13S2. The van der Waals surface area contributed by atoms with E-state index in [-0.39, 0.29) is 26.9 Å². The van der Waals surface area contributed by atoms with E-state index >= 15 is 0 Å². The third-order valence-corrected chi connectivity index (χ3v) is 12.6. The molecule has 14 nitrogen and oxygen atoms in total. The molecule has 6 aromatic rings. The number of nitrogens with two attached hydrogens (primary N) is 1. The van der Waals surface area contributed by atoms with Crippen LogP contribution in [0.2, 0.25) is 0 Å². The van der Waals surface area contributed by atoms with Crippen LogP contribution in [0, 0.1) is 13.8 Å². The summed E-state index contributed by atoms with van der Waals surface area (Å²) in [5.41, 5.74) is 5.88. The Hall–Kier alpha value is -6.40. The van der Waals surface area contributed by atoms with Gasteiger partial charge in [0.15, 0.2) is 0 Å². The van der Waals surface area contributed by atoms with Crippen molar-refractivity contribution in [2.24, 2.45) is 5.14 Å². The van der Waals surface area contributed by atoms with E-state index in [4.69, 9.17) is 33.6 Å². The second-order valence-electron chi connectivity index (χ2n) is 16.1. The van der Waals surface area contributed by atoms with Crippen LogP contribution in [-0.2, 0) is 49.9 Å². The number of ether oxygens (including phenoxy) is 6. The van der Waals surface area contributed by atoms with E-state index < -0.39 is 49.9 Å². The van der Waals surface area contributed by atoms with Crippen molar-refractivity contribution < 1.29 is 59.4 Å². The maximum absolute atomic E-state index is 12.5. The monoisotopic (exact) mass is 939 g/mol. The molecule has 66 heavy (non-hydrogen) atoms. The minimum absolute atomic E-state index is 0.208. The molecule has 16 heteroatoms. The van der Waals surface area contributed by atoms with Gasteiger partial charge in [-0.1, -0.05) is 136 Å². The largest absolute Gasteiger partial charge is 0.432 e. The van der Waals surface area contributed by atoms with Crippen LogP contribution in [0.3, 0.4) is 0 Å². The third kappa shape index (κ3) is 12.9. The number of carbonyl (C=O) groups is 2. The molecule has 0 spiro atoms. The number of rotatable bonds is 16. The number of benzene rings is 6. The number of sulfonamides is 1. The molecule has 0 heterocycles. The standard InChI is InChI=1S/C25H27NO6S.C25H26O7S/c1-17-9-11-18(12-10-17)25(2,3)19-13-15-20(16-14-19)31-24(30-4)32-23(27)21-7-5-6-8-22(21)33(26,28)29;1-17-9-11-18(12-10-17)25(2,3)19-13-15-20(16-14-19)31-24(30-4)32-23(26)21-7-5-6-8-22(21)33(27,28)29/h5-16,24H,1-4H3,(H2,26,28,29);5-16,24H,1-4H3,(H,27,28,29). The van der Waals surface area contributed by atoms with Gasteiger partial charge in [-0.2, -0.15) is 8.42 Å². The maximum Gasteiger partial charge on any atom is 0.362 e. The minimum Gasteiger partial charge on any atom is -0.432 e. The lowest BCUT2D eigenvalue weighted by Gasteiger charge is -2.26. The van der Waals surface area contributed by atoms with E-state index in [9.17, 15) is 31.0 Å². The number of aryl methyl sites for hydroxylation is 2.